The highest BCUT2D eigenvalue weighted by molar-refractivity contribution is 5.92. The Morgan fingerprint density at radius 1 is 1.15 bits per heavy atom. The standard InChI is InChI=1S/C20H26N2O4/c1-20(2,19(25)26-3)21-18(24)16-11-13-22(14-12-16)17(23)10-9-15-7-5-4-6-8-15/h4-10,16H,11-14H2,1-3H3,(H,21,24). The normalized spacial score (nSPS) is 15.7. The van der Waals surface area contributed by atoms with E-state index in [0.29, 0.717) is 25.9 Å². The van der Waals surface area contributed by atoms with E-state index in [2.05, 4.69) is 5.32 Å². The first-order valence-corrected chi connectivity index (χ1v) is 8.76. The molecule has 0 atom stereocenters. The summed E-state index contributed by atoms with van der Waals surface area (Å²) in [5.41, 5.74) is -0.0860. The maximum atomic E-state index is 12.4. The number of amides is 2. The number of esters is 1. The van der Waals surface area contributed by atoms with Crippen LogP contribution in [0.4, 0.5) is 0 Å². The number of methoxy groups -OCH3 is 1. The van der Waals surface area contributed by atoms with Crippen molar-refractivity contribution in [3.05, 3.63) is 42.0 Å². The minimum atomic E-state index is -1.06. The van der Waals surface area contributed by atoms with Gasteiger partial charge in [0.05, 0.1) is 7.11 Å². The smallest absolute Gasteiger partial charge is 0.330 e. The molecule has 0 saturated carbocycles. The van der Waals surface area contributed by atoms with Crippen LogP contribution in [0.15, 0.2) is 36.4 Å². The summed E-state index contributed by atoms with van der Waals surface area (Å²) in [6.45, 7) is 4.27. The van der Waals surface area contributed by atoms with Crippen LogP contribution in [0.1, 0.15) is 32.3 Å². The molecule has 1 aliphatic rings. The van der Waals surface area contributed by atoms with Crippen LogP contribution in [0.2, 0.25) is 0 Å². The van der Waals surface area contributed by atoms with Gasteiger partial charge in [0, 0.05) is 25.1 Å². The SMILES string of the molecule is COC(=O)C(C)(C)NC(=O)C1CCN(C(=O)C=Cc2ccccc2)CC1. The number of carbonyl (C=O) groups is 3. The maximum absolute atomic E-state index is 12.4. The number of likely N-dealkylation sites (tertiary alicyclic amines) is 1. The Hall–Kier alpha value is -2.63. The molecule has 1 aromatic rings. The van der Waals surface area contributed by atoms with E-state index in [0.717, 1.165) is 5.56 Å². The van der Waals surface area contributed by atoms with Gasteiger partial charge < -0.3 is 15.0 Å². The molecule has 0 radical (unpaired) electrons. The molecular weight excluding hydrogens is 332 g/mol. The van der Waals surface area contributed by atoms with E-state index in [9.17, 15) is 14.4 Å². The molecule has 140 valence electrons. The van der Waals surface area contributed by atoms with Gasteiger partial charge >= 0.3 is 5.97 Å². The molecule has 1 aliphatic heterocycles. The van der Waals surface area contributed by atoms with Crippen LogP contribution in [0.25, 0.3) is 6.08 Å². The second kappa shape index (κ2) is 8.65. The van der Waals surface area contributed by atoms with Gasteiger partial charge in [-0.1, -0.05) is 30.3 Å². The Kier molecular flexibility index (Phi) is 6.55. The largest absolute Gasteiger partial charge is 0.467 e. The van der Waals surface area contributed by atoms with Crippen LogP contribution in [0, 0.1) is 5.92 Å². The van der Waals surface area contributed by atoms with E-state index in [1.54, 1.807) is 30.9 Å². The van der Waals surface area contributed by atoms with Gasteiger partial charge in [0.15, 0.2) is 0 Å². The second-order valence-electron chi connectivity index (χ2n) is 6.95. The molecule has 0 spiro atoms. The monoisotopic (exact) mass is 358 g/mol. The van der Waals surface area contributed by atoms with E-state index >= 15 is 0 Å². The Bertz CT molecular complexity index is 674. The zero-order valence-electron chi connectivity index (χ0n) is 15.5. The minimum absolute atomic E-state index is 0.0531. The van der Waals surface area contributed by atoms with Crippen molar-refractivity contribution in [2.24, 2.45) is 5.92 Å². The molecule has 1 saturated heterocycles. The first-order chi connectivity index (χ1) is 12.3. The Labute approximate surface area is 154 Å². The lowest BCUT2D eigenvalue weighted by Gasteiger charge is -2.32. The highest BCUT2D eigenvalue weighted by Crippen LogP contribution is 2.19. The molecule has 1 N–H and O–H groups in total. The fourth-order valence-corrected chi connectivity index (χ4v) is 2.92. The molecule has 6 heteroatoms. The fourth-order valence-electron chi connectivity index (χ4n) is 2.92. The summed E-state index contributed by atoms with van der Waals surface area (Å²) in [5.74, 6) is -0.916. The molecule has 1 aromatic carbocycles. The van der Waals surface area contributed by atoms with Gasteiger partial charge in [-0.3, -0.25) is 9.59 Å². The van der Waals surface area contributed by atoms with Crippen molar-refractivity contribution in [2.75, 3.05) is 20.2 Å². The van der Waals surface area contributed by atoms with E-state index in [-0.39, 0.29) is 17.7 Å². The van der Waals surface area contributed by atoms with Crippen molar-refractivity contribution in [3.63, 3.8) is 0 Å². The average Bonchev–Trinajstić information content (AvgIpc) is 2.66. The molecule has 2 rings (SSSR count). The van der Waals surface area contributed by atoms with Crippen LogP contribution in [-0.2, 0) is 19.1 Å². The van der Waals surface area contributed by atoms with Crippen LogP contribution in [0.3, 0.4) is 0 Å². The summed E-state index contributed by atoms with van der Waals surface area (Å²) in [4.78, 5) is 38.1. The van der Waals surface area contributed by atoms with Gasteiger partial charge in [0.2, 0.25) is 11.8 Å². The van der Waals surface area contributed by atoms with Crippen LogP contribution in [-0.4, -0.2) is 48.4 Å². The highest BCUT2D eigenvalue weighted by Gasteiger charge is 2.34. The van der Waals surface area contributed by atoms with Crippen molar-refractivity contribution in [2.45, 2.75) is 32.2 Å². The van der Waals surface area contributed by atoms with Gasteiger partial charge in [0.1, 0.15) is 5.54 Å². The number of piperidine rings is 1. The maximum Gasteiger partial charge on any atom is 0.330 e. The van der Waals surface area contributed by atoms with Crippen molar-refractivity contribution in [1.82, 2.24) is 10.2 Å². The number of benzene rings is 1. The quantitative estimate of drug-likeness (QED) is 0.645. The van der Waals surface area contributed by atoms with Crippen LogP contribution >= 0.6 is 0 Å². The van der Waals surface area contributed by atoms with E-state index in [4.69, 9.17) is 4.74 Å². The number of rotatable bonds is 5. The average molecular weight is 358 g/mol. The summed E-state index contributed by atoms with van der Waals surface area (Å²) in [7, 11) is 1.29. The van der Waals surface area contributed by atoms with Crippen LogP contribution < -0.4 is 5.32 Å². The third-order valence-electron chi connectivity index (χ3n) is 4.53. The topological polar surface area (TPSA) is 75.7 Å². The molecule has 0 aromatic heterocycles. The molecule has 1 heterocycles. The van der Waals surface area contributed by atoms with E-state index in [1.165, 1.54) is 7.11 Å². The number of carbonyl (C=O) groups excluding carboxylic acids is 3. The van der Waals surface area contributed by atoms with Crippen molar-refractivity contribution in [3.8, 4) is 0 Å². The lowest BCUT2D eigenvalue weighted by Crippen LogP contribution is -2.53. The predicted octanol–water partition coefficient (Wildman–Crippen LogP) is 2.01. The molecule has 2 amide bonds. The lowest BCUT2D eigenvalue weighted by molar-refractivity contribution is -0.150. The summed E-state index contributed by atoms with van der Waals surface area (Å²) in [6, 6.07) is 9.64. The molecule has 0 unspecified atom stereocenters. The lowest BCUT2D eigenvalue weighted by atomic mass is 9.94. The second-order valence-corrected chi connectivity index (χ2v) is 6.95. The summed E-state index contributed by atoms with van der Waals surface area (Å²) >= 11 is 0. The molecule has 0 aliphatic carbocycles. The van der Waals surface area contributed by atoms with E-state index < -0.39 is 11.5 Å². The number of hydrogen-bond acceptors (Lipinski definition) is 4. The molecule has 26 heavy (non-hydrogen) atoms. The third-order valence-corrected chi connectivity index (χ3v) is 4.53. The molecule has 1 fully saturated rings. The van der Waals surface area contributed by atoms with E-state index in [1.807, 2.05) is 30.3 Å². The first-order valence-electron chi connectivity index (χ1n) is 8.76. The van der Waals surface area contributed by atoms with Crippen molar-refractivity contribution < 1.29 is 19.1 Å². The third kappa shape index (κ3) is 5.18. The van der Waals surface area contributed by atoms with Gasteiger partial charge in [-0.2, -0.15) is 0 Å². The Balaban J connectivity index is 1.84. The van der Waals surface area contributed by atoms with Gasteiger partial charge in [0.25, 0.3) is 0 Å². The number of ether oxygens (including phenoxy) is 1. The first kappa shape index (κ1) is 19.7. The highest BCUT2D eigenvalue weighted by atomic mass is 16.5. The summed E-state index contributed by atoms with van der Waals surface area (Å²) < 4.78 is 4.70. The summed E-state index contributed by atoms with van der Waals surface area (Å²) in [6.07, 6.45) is 4.51. The van der Waals surface area contributed by atoms with Gasteiger partial charge in [-0.15, -0.1) is 0 Å². The van der Waals surface area contributed by atoms with Gasteiger partial charge in [-0.05, 0) is 38.3 Å². The van der Waals surface area contributed by atoms with Crippen LogP contribution in [0.5, 0.6) is 0 Å². The number of nitrogens with one attached hydrogen (secondary N) is 1. The molecular formula is C20H26N2O4. The Morgan fingerprint density at radius 2 is 1.77 bits per heavy atom. The minimum Gasteiger partial charge on any atom is -0.467 e. The number of hydrogen-bond donors (Lipinski definition) is 1. The number of nitrogens with zero attached hydrogens (tertiary/aromatic N) is 1. The fraction of sp³-hybridized carbons (Fsp3) is 0.450. The Morgan fingerprint density at radius 3 is 2.35 bits per heavy atom. The molecule has 6 nitrogen and oxygen atoms in total. The predicted molar refractivity (Wildman–Crippen MR) is 99.0 cm³/mol. The van der Waals surface area contributed by atoms with Gasteiger partial charge in [-0.25, -0.2) is 4.79 Å². The summed E-state index contributed by atoms with van der Waals surface area (Å²) in [5, 5.41) is 2.74. The van der Waals surface area contributed by atoms with Crippen molar-refractivity contribution >= 4 is 23.9 Å². The zero-order valence-corrected chi connectivity index (χ0v) is 15.5. The van der Waals surface area contributed by atoms with Crippen molar-refractivity contribution in [1.29, 1.82) is 0 Å². The molecule has 0 bridgehead atoms. The zero-order chi connectivity index (χ0) is 19.2.